The summed E-state index contributed by atoms with van der Waals surface area (Å²) < 4.78 is 5.30. The highest BCUT2D eigenvalue weighted by molar-refractivity contribution is 8.01. The lowest BCUT2D eigenvalue weighted by Gasteiger charge is -2.49. The number of nitrogen functional groups attached to an aromatic ring is 1. The van der Waals surface area contributed by atoms with Crippen molar-refractivity contribution in [1.29, 1.82) is 0 Å². The maximum absolute atomic E-state index is 12.8. The molecule has 174 valence electrons. The van der Waals surface area contributed by atoms with E-state index < -0.39 is 29.2 Å². The molecule has 16 heteroatoms. The molecule has 2 amide bonds. The summed E-state index contributed by atoms with van der Waals surface area (Å²) in [6.45, 7) is 1.65. The molecule has 0 saturated carbocycles. The van der Waals surface area contributed by atoms with Crippen LogP contribution >= 0.6 is 34.9 Å². The number of aliphatic carboxylic acids is 1. The van der Waals surface area contributed by atoms with Gasteiger partial charge in [0.05, 0.1) is 0 Å². The number of thioether (sulfide) groups is 2. The number of thiazole rings is 1. The number of nitrogens with two attached hydrogens (primary N) is 1. The lowest BCUT2D eigenvalue weighted by Crippen LogP contribution is -2.71. The van der Waals surface area contributed by atoms with Crippen molar-refractivity contribution >= 4 is 63.5 Å². The highest BCUT2D eigenvalue weighted by Gasteiger charge is 2.54. The number of nitrogens with zero attached hydrogens (tertiary/aromatic N) is 5. The first-order chi connectivity index (χ1) is 15.8. The van der Waals surface area contributed by atoms with E-state index in [4.69, 9.17) is 15.0 Å². The minimum Gasteiger partial charge on any atom is -0.477 e. The topological polar surface area (TPSA) is 186 Å². The Balaban J connectivity index is 1.49. The number of carboxylic acid groups (broad SMARTS) is 1. The van der Waals surface area contributed by atoms with Crippen molar-refractivity contribution in [3.8, 4) is 0 Å². The van der Waals surface area contributed by atoms with Crippen molar-refractivity contribution in [1.82, 2.24) is 25.4 Å². The molecule has 4 rings (SSSR count). The lowest BCUT2D eigenvalue weighted by molar-refractivity contribution is -0.150. The molecule has 0 spiro atoms. The predicted octanol–water partition coefficient (Wildman–Crippen LogP) is 0.298. The molecule has 0 aromatic carbocycles. The molecule has 1 unspecified atom stereocenters. The van der Waals surface area contributed by atoms with Crippen LogP contribution < -0.4 is 11.1 Å². The zero-order valence-electron chi connectivity index (χ0n) is 17.2. The van der Waals surface area contributed by atoms with E-state index in [1.165, 1.54) is 40.9 Å². The van der Waals surface area contributed by atoms with Gasteiger partial charge in [-0.05, 0) is 5.57 Å². The Morgan fingerprint density at radius 2 is 2.27 bits per heavy atom. The fourth-order valence-corrected chi connectivity index (χ4v) is 6.02. The molecular formula is C17H17N7O6S3. The number of carbonyl (C=O) groups excluding carboxylic acids is 2. The second kappa shape index (κ2) is 9.40. The van der Waals surface area contributed by atoms with Gasteiger partial charge in [0.2, 0.25) is 5.89 Å². The zero-order valence-corrected chi connectivity index (χ0v) is 19.6. The van der Waals surface area contributed by atoms with Crippen LogP contribution in [0.1, 0.15) is 11.6 Å². The summed E-state index contributed by atoms with van der Waals surface area (Å²) in [6, 6.07) is -0.928. The average Bonchev–Trinajstić information content (AvgIpc) is 3.40. The van der Waals surface area contributed by atoms with Crippen LogP contribution in [0.2, 0.25) is 0 Å². The standard InChI is InChI=1S/C17H17N7O6S3/c1-6-21-22-17(30-6)33-4-7-3-31-14-10(13(26)24(14)11(7)15(27)28)20-12(25)9(23-29-2)8-5-32-16(18)19-8/h5,10,14H,3-4H2,1-2H3,(H2,18,19)(H,20,25)(H,27,28)/t10?,14-/m0/s1. The number of carboxylic acids is 1. The molecule has 2 aliphatic rings. The number of hydrogen-bond acceptors (Lipinski definition) is 13. The molecule has 0 radical (unpaired) electrons. The van der Waals surface area contributed by atoms with Crippen molar-refractivity contribution in [2.24, 2.45) is 5.16 Å². The Morgan fingerprint density at radius 3 is 2.88 bits per heavy atom. The van der Waals surface area contributed by atoms with E-state index in [0.717, 1.165) is 11.3 Å². The Labute approximate surface area is 198 Å². The second-order valence-corrected chi connectivity index (χ2v) is 9.61. The smallest absolute Gasteiger partial charge is 0.352 e. The molecule has 4 N–H and O–H groups in total. The summed E-state index contributed by atoms with van der Waals surface area (Å²) in [5.74, 6) is -1.44. The van der Waals surface area contributed by atoms with E-state index in [1.807, 2.05) is 0 Å². The van der Waals surface area contributed by atoms with Crippen molar-refractivity contribution in [2.75, 3.05) is 24.3 Å². The predicted molar refractivity (Wildman–Crippen MR) is 120 cm³/mol. The van der Waals surface area contributed by atoms with Gasteiger partial charge in [0.1, 0.15) is 29.9 Å². The molecule has 2 aliphatic heterocycles. The van der Waals surface area contributed by atoms with Gasteiger partial charge in [-0.3, -0.25) is 14.5 Å². The van der Waals surface area contributed by atoms with Gasteiger partial charge in [0, 0.05) is 23.8 Å². The molecule has 2 aromatic heterocycles. The number of hydrogen-bond donors (Lipinski definition) is 3. The van der Waals surface area contributed by atoms with E-state index >= 15 is 0 Å². The summed E-state index contributed by atoms with van der Waals surface area (Å²) in [7, 11) is 1.27. The maximum atomic E-state index is 12.8. The van der Waals surface area contributed by atoms with Gasteiger partial charge in [-0.1, -0.05) is 16.9 Å². The van der Waals surface area contributed by atoms with Crippen LogP contribution in [0.5, 0.6) is 0 Å². The minimum atomic E-state index is -1.23. The van der Waals surface area contributed by atoms with Gasteiger partial charge in [-0.25, -0.2) is 9.78 Å². The monoisotopic (exact) mass is 511 g/mol. The first-order valence-electron chi connectivity index (χ1n) is 9.26. The minimum absolute atomic E-state index is 0.101. The maximum Gasteiger partial charge on any atom is 0.352 e. The van der Waals surface area contributed by atoms with Gasteiger partial charge >= 0.3 is 5.97 Å². The van der Waals surface area contributed by atoms with Crippen LogP contribution in [0.15, 0.2) is 31.4 Å². The number of amides is 2. The highest BCUT2D eigenvalue weighted by atomic mass is 32.2. The summed E-state index contributed by atoms with van der Waals surface area (Å²) in [4.78, 5) is 47.5. The quantitative estimate of drug-likeness (QED) is 0.191. The molecule has 1 saturated heterocycles. The third-order valence-corrected chi connectivity index (χ3v) is 7.49. The number of anilines is 1. The molecule has 33 heavy (non-hydrogen) atoms. The number of carbonyl (C=O) groups is 3. The molecule has 2 atom stereocenters. The van der Waals surface area contributed by atoms with Crippen LogP contribution in [-0.4, -0.2) is 78.7 Å². The molecule has 2 aromatic rings. The van der Waals surface area contributed by atoms with Crippen LogP contribution in [0.4, 0.5) is 5.13 Å². The average molecular weight is 512 g/mol. The van der Waals surface area contributed by atoms with E-state index in [2.05, 4.69) is 25.7 Å². The van der Waals surface area contributed by atoms with Crippen LogP contribution in [0.25, 0.3) is 0 Å². The molecule has 13 nitrogen and oxygen atoms in total. The Kier molecular flexibility index (Phi) is 6.57. The van der Waals surface area contributed by atoms with Crippen molar-refractivity contribution in [3.05, 3.63) is 28.2 Å². The van der Waals surface area contributed by atoms with Crippen molar-refractivity contribution in [3.63, 3.8) is 0 Å². The fraction of sp³-hybridized carbons (Fsp3) is 0.353. The third kappa shape index (κ3) is 4.53. The number of β-lactam (4-membered cyclic amide) rings is 1. The molecular weight excluding hydrogens is 494 g/mol. The number of oxime groups is 1. The van der Waals surface area contributed by atoms with Crippen LogP contribution in [0.3, 0.4) is 0 Å². The highest BCUT2D eigenvalue weighted by Crippen LogP contribution is 2.41. The molecule has 4 heterocycles. The number of aryl methyl sites for hydroxylation is 1. The number of rotatable bonds is 8. The molecule has 0 bridgehead atoms. The first-order valence-corrected chi connectivity index (χ1v) is 12.2. The van der Waals surface area contributed by atoms with E-state index in [1.54, 1.807) is 6.92 Å². The van der Waals surface area contributed by atoms with Crippen LogP contribution in [-0.2, 0) is 19.2 Å². The lowest BCUT2D eigenvalue weighted by atomic mass is 10.0. The summed E-state index contributed by atoms with van der Waals surface area (Å²) in [5, 5.41) is 25.2. The Hall–Kier alpha value is -3.11. The first kappa shape index (κ1) is 23.1. The van der Waals surface area contributed by atoms with E-state index in [-0.39, 0.29) is 28.0 Å². The largest absolute Gasteiger partial charge is 0.477 e. The van der Waals surface area contributed by atoms with Crippen molar-refractivity contribution in [2.45, 2.75) is 23.6 Å². The van der Waals surface area contributed by atoms with Gasteiger partial charge < -0.3 is 25.4 Å². The zero-order chi connectivity index (χ0) is 23.7. The normalized spacial score (nSPS) is 20.4. The number of fused-ring (bicyclic) bond motifs is 1. The summed E-state index contributed by atoms with van der Waals surface area (Å²) in [5.41, 5.74) is 6.13. The van der Waals surface area contributed by atoms with Gasteiger partial charge in [0.15, 0.2) is 10.8 Å². The molecule has 0 aliphatic carbocycles. The summed E-state index contributed by atoms with van der Waals surface area (Å²) >= 11 is 3.66. The third-order valence-electron chi connectivity index (χ3n) is 4.58. The van der Waals surface area contributed by atoms with E-state index in [9.17, 15) is 19.5 Å². The van der Waals surface area contributed by atoms with Gasteiger partial charge in [0.25, 0.3) is 17.0 Å². The molecule has 1 fully saturated rings. The van der Waals surface area contributed by atoms with Crippen molar-refractivity contribution < 1.29 is 28.7 Å². The Bertz CT molecular complexity index is 1180. The van der Waals surface area contributed by atoms with Crippen LogP contribution in [0, 0.1) is 6.92 Å². The Morgan fingerprint density at radius 1 is 1.48 bits per heavy atom. The van der Waals surface area contributed by atoms with Gasteiger partial charge in [-0.2, -0.15) is 0 Å². The van der Waals surface area contributed by atoms with Gasteiger partial charge in [-0.15, -0.1) is 33.3 Å². The SMILES string of the molecule is CON=C(C(=O)NC1C(=O)N2C(C(=O)O)=C(CSc3nnc(C)o3)CS[C@@H]12)c1csc(N)n1. The number of aromatic nitrogens is 3. The number of nitrogens with one attached hydrogen (secondary N) is 1. The fourth-order valence-electron chi connectivity index (χ4n) is 3.18. The summed E-state index contributed by atoms with van der Waals surface area (Å²) in [6.07, 6.45) is 0. The van der Waals surface area contributed by atoms with E-state index in [0.29, 0.717) is 22.4 Å². The second-order valence-electron chi connectivity index (χ2n) is 6.69.